The maximum Gasteiger partial charge on any atom is 0.335 e. The van der Waals surface area contributed by atoms with E-state index in [1.54, 1.807) is 0 Å². The molecule has 0 aliphatic carbocycles. The highest BCUT2D eigenvalue weighted by molar-refractivity contribution is 5.89. The van der Waals surface area contributed by atoms with Gasteiger partial charge in [0.25, 0.3) is 5.69 Å². The van der Waals surface area contributed by atoms with E-state index in [4.69, 9.17) is 5.11 Å². The number of β-amino-alcohol motifs (C(OH)–C–C–N with tert-alkyl or cyclic N) is 2. The van der Waals surface area contributed by atoms with Gasteiger partial charge < -0.3 is 20.2 Å². The molecule has 2 atom stereocenters. The molecule has 1 saturated heterocycles. The average Bonchev–Trinajstić information content (AvgIpc) is 2.68. The summed E-state index contributed by atoms with van der Waals surface area (Å²) in [6, 6.07) is 3.53. The van der Waals surface area contributed by atoms with E-state index in [1.807, 2.05) is 0 Å². The molecule has 0 aromatic heterocycles. The Labute approximate surface area is 107 Å². The molecule has 1 aliphatic rings. The van der Waals surface area contributed by atoms with Crippen LogP contribution in [0, 0.1) is 10.1 Å². The van der Waals surface area contributed by atoms with Crippen molar-refractivity contribution in [3.8, 4) is 0 Å². The largest absolute Gasteiger partial charge is 0.478 e. The molecule has 1 aliphatic heterocycles. The maximum atomic E-state index is 11.0. The first kappa shape index (κ1) is 13.2. The van der Waals surface area contributed by atoms with E-state index < -0.39 is 23.1 Å². The number of carboxylic acid groups (broad SMARTS) is 1. The van der Waals surface area contributed by atoms with E-state index in [-0.39, 0.29) is 30.0 Å². The minimum atomic E-state index is -1.25. The first-order valence-corrected chi connectivity index (χ1v) is 5.53. The second-order valence-corrected chi connectivity index (χ2v) is 4.31. The molecule has 0 radical (unpaired) electrons. The molecule has 0 saturated carbocycles. The highest BCUT2D eigenvalue weighted by atomic mass is 16.6. The fourth-order valence-corrected chi connectivity index (χ4v) is 2.04. The van der Waals surface area contributed by atoms with Crippen LogP contribution in [0.3, 0.4) is 0 Å². The number of rotatable bonds is 3. The van der Waals surface area contributed by atoms with Gasteiger partial charge in [-0.3, -0.25) is 10.1 Å². The Morgan fingerprint density at radius 3 is 2.37 bits per heavy atom. The number of aromatic carboxylic acids is 1. The third-order valence-corrected chi connectivity index (χ3v) is 3.02. The highest BCUT2D eigenvalue weighted by Crippen LogP contribution is 2.31. The number of carbonyl (C=O) groups is 1. The van der Waals surface area contributed by atoms with Crippen LogP contribution in [0.15, 0.2) is 18.2 Å². The summed E-state index contributed by atoms with van der Waals surface area (Å²) < 4.78 is 0. The third kappa shape index (κ3) is 2.49. The molecule has 19 heavy (non-hydrogen) atoms. The maximum absolute atomic E-state index is 11.0. The van der Waals surface area contributed by atoms with E-state index in [2.05, 4.69) is 0 Å². The fourth-order valence-electron chi connectivity index (χ4n) is 2.04. The van der Waals surface area contributed by atoms with E-state index >= 15 is 0 Å². The molecule has 0 spiro atoms. The Morgan fingerprint density at radius 2 is 1.89 bits per heavy atom. The number of hydrogen-bond donors (Lipinski definition) is 3. The van der Waals surface area contributed by atoms with Gasteiger partial charge in [0, 0.05) is 19.2 Å². The van der Waals surface area contributed by atoms with Crippen LogP contribution in [-0.4, -0.2) is 51.5 Å². The van der Waals surface area contributed by atoms with Crippen LogP contribution < -0.4 is 4.90 Å². The number of aliphatic hydroxyl groups excluding tert-OH is 2. The van der Waals surface area contributed by atoms with Gasteiger partial charge in [0.05, 0.1) is 22.7 Å². The summed E-state index contributed by atoms with van der Waals surface area (Å²) in [6.07, 6.45) is -1.95. The molecule has 1 aromatic rings. The van der Waals surface area contributed by atoms with Gasteiger partial charge >= 0.3 is 5.97 Å². The zero-order valence-corrected chi connectivity index (χ0v) is 9.76. The molecule has 1 heterocycles. The van der Waals surface area contributed by atoms with E-state index in [0.717, 1.165) is 6.07 Å². The molecule has 102 valence electrons. The SMILES string of the molecule is O=C(O)c1ccc(N2CC(O)C(O)C2)c([N+](=O)[O-])c1. The van der Waals surface area contributed by atoms with Crippen molar-refractivity contribution in [3.05, 3.63) is 33.9 Å². The van der Waals surface area contributed by atoms with Gasteiger partial charge in [0.15, 0.2) is 0 Å². The molecule has 1 aromatic carbocycles. The topological polar surface area (TPSA) is 124 Å². The van der Waals surface area contributed by atoms with Crippen LogP contribution in [0.2, 0.25) is 0 Å². The van der Waals surface area contributed by atoms with Crippen LogP contribution in [0.5, 0.6) is 0 Å². The van der Waals surface area contributed by atoms with Gasteiger partial charge in [-0.25, -0.2) is 4.79 Å². The second kappa shape index (κ2) is 4.82. The van der Waals surface area contributed by atoms with Gasteiger partial charge in [0.2, 0.25) is 0 Å². The molecule has 1 fully saturated rings. The van der Waals surface area contributed by atoms with Crippen molar-refractivity contribution in [3.63, 3.8) is 0 Å². The first-order chi connectivity index (χ1) is 8.90. The normalized spacial score (nSPS) is 22.5. The van der Waals surface area contributed by atoms with Gasteiger partial charge in [-0.15, -0.1) is 0 Å². The predicted molar refractivity (Wildman–Crippen MR) is 64.3 cm³/mol. The summed E-state index contributed by atoms with van der Waals surface area (Å²) >= 11 is 0. The molecule has 2 unspecified atom stereocenters. The van der Waals surface area contributed by atoms with Crippen molar-refractivity contribution in [1.82, 2.24) is 0 Å². The number of carboxylic acids is 1. The number of nitro benzene ring substituents is 1. The lowest BCUT2D eigenvalue weighted by atomic mass is 10.1. The average molecular weight is 268 g/mol. The molecule has 0 bridgehead atoms. The minimum absolute atomic E-state index is 0.0639. The van der Waals surface area contributed by atoms with Crippen molar-refractivity contribution < 1.29 is 25.0 Å². The Hall–Kier alpha value is -2.19. The summed E-state index contributed by atoms with van der Waals surface area (Å²) in [5, 5.41) is 38.7. The number of hydrogen-bond acceptors (Lipinski definition) is 6. The molecular weight excluding hydrogens is 256 g/mol. The van der Waals surface area contributed by atoms with Gasteiger partial charge in [-0.1, -0.05) is 0 Å². The van der Waals surface area contributed by atoms with Crippen LogP contribution in [0.4, 0.5) is 11.4 Å². The Morgan fingerprint density at radius 1 is 1.32 bits per heavy atom. The molecule has 0 amide bonds. The summed E-state index contributed by atoms with van der Waals surface area (Å²) in [4.78, 5) is 22.5. The predicted octanol–water partition coefficient (Wildman–Crippen LogP) is -0.165. The zero-order valence-electron chi connectivity index (χ0n) is 9.76. The molecule has 3 N–H and O–H groups in total. The third-order valence-electron chi connectivity index (χ3n) is 3.02. The molecule has 8 nitrogen and oxygen atoms in total. The standard InChI is InChI=1S/C11H12N2O6/c14-9-4-12(5-10(9)15)7-2-1-6(11(16)17)3-8(7)13(18)19/h1-3,9-10,14-15H,4-5H2,(H,16,17). The van der Waals surface area contributed by atoms with Gasteiger partial charge in [0.1, 0.15) is 5.69 Å². The van der Waals surface area contributed by atoms with Crippen molar-refractivity contribution in [2.24, 2.45) is 0 Å². The van der Waals surface area contributed by atoms with Crippen molar-refractivity contribution >= 4 is 17.3 Å². The van der Waals surface area contributed by atoms with Crippen LogP contribution in [0.25, 0.3) is 0 Å². The lowest BCUT2D eigenvalue weighted by Gasteiger charge is -2.17. The number of nitrogens with zero attached hydrogens (tertiary/aromatic N) is 2. The van der Waals surface area contributed by atoms with Crippen molar-refractivity contribution in [2.45, 2.75) is 12.2 Å². The first-order valence-electron chi connectivity index (χ1n) is 5.53. The Balaban J connectivity index is 2.40. The minimum Gasteiger partial charge on any atom is -0.478 e. The number of benzene rings is 1. The molecule has 2 rings (SSSR count). The Kier molecular flexibility index (Phi) is 3.36. The van der Waals surface area contributed by atoms with Crippen LogP contribution in [-0.2, 0) is 0 Å². The van der Waals surface area contributed by atoms with E-state index in [0.29, 0.717) is 0 Å². The monoisotopic (exact) mass is 268 g/mol. The van der Waals surface area contributed by atoms with Crippen LogP contribution >= 0.6 is 0 Å². The van der Waals surface area contributed by atoms with Crippen molar-refractivity contribution in [1.29, 1.82) is 0 Å². The Bertz CT molecular complexity index is 522. The fraction of sp³-hybridized carbons (Fsp3) is 0.364. The summed E-state index contributed by atoms with van der Waals surface area (Å²) in [5.41, 5.74) is -0.359. The van der Waals surface area contributed by atoms with E-state index in [9.17, 15) is 25.1 Å². The van der Waals surface area contributed by atoms with Gasteiger partial charge in [-0.2, -0.15) is 0 Å². The van der Waals surface area contributed by atoms with Crippen LogP contribution in [0.1, 0.15) is 10.4 Å². The number of aliphatic hydroxyl groups is 2. The quantitative estimate of drug-likeness (QED) is 0.513. The van der Waals surface area contributed by atoms with E-state index in [1.165, 1.54) is 17.0 Å². The van der Waals surface area contributed by atoms with Gasteiger partial charge in [-0.05, 0) is 12.1 Å². The second-order valence-electron chi connectivity index (χ2n) is 4.31. The summed E-state index contributed by atoms with van der Waals surface area (Å²) in [5.74, 6) is -1.25. The number of nitro groups is 1. The number of anilines is 1. The lowest BCUT2D eigenvalue weighted by Crippen LogP contribution is -2.22. The lowest BCUT2D eigenvalue weighted by molar-refractivity contribution is -0.384. The highest BCUT2D eigenvalue weighted by Gasteiger charge is 2.33. The zero-order chi connectivity index (χ0) is 14.2. The molecule has 8 heteroatoms. The smallest absolute Gasteiger partial charge is 0.335 e. The summed E-state index contributed by atoms with van der Waals surface area (Å²) in [7, 11) is 0. The van der Waals surface area contributed by atoms with Crippen molar-refractivity contribution in [2.75, 3.05) is 18.0 Å². The molecular formula is C11H12N2O6. The summed E-state index contributed by atoms with van der Waals surface area (Å²) in [6.45, 7) is 0.128.